The van der Waals surface area contributed by atoms with E-state index in [1.54, 1.807) is 6.08 Å². The Morgan fingerprint density at radius 1 is 1.36 bits per heavy atom. The van der Waals surface area contributed by atoms with E-state index < -0.39 is 6.29 Å². The number of aliphatic hydroxyl groups is 2. The highest BCUT2D eigenvalue weighted by Gasteiger charge is 1.95. The van der Waals surface area contributed by atoms with Crippen molar-refractivity contribution in [2.75, 3.05) is 13.2 Å². The first kappa shape index (κ1) is 10.6. The predicted octanol–water partition coefficient (Wildman–Crippen LogP) is 0.670. The molecule has 0 aliphatic rings. The van der Waals surface area contributed by atoms with Gasteiger partial charge in [-0.3, -0.25) is 0 Å². The summed E-state index contributed by atoms with van der Waals surface area (Å²) in [6.07, 6.45) is 2.60. The van der Waals surface area contributed by atoms with Crippen LogP contribution in [0.2, 0.25) is 0 Å². The van der Waals surface area contributed by atoms with Gasteiger partial charge in [0, 0.05) is 6.61 Å². The molecule has 2 N–H and O–H groups in total. The van der Waals surface area contributed by atoms with Gasteiger partial charge in [-0.2, -0.15) is 0 Å². The van der Waals surface area contributed by atoms with Crippen LogP contribution >= 0.6 is 0 Å². The second kappa shape index (κ2) is 7.72. The minimum absolute atomic E-state index is 0.428. The van der Waals surface area contributed by atoms with Crippen molar-refractivity contribution in [3.8, 4) is 0 Å². The van der Waals surface area contributed by atoms with Crippen LogP contribution in [0.5, 0.6) is 0 Å². The third-order valence-corrected chi connectivity index (χ3v) is 1.24. The van der Waals surface area contributed by atoms with E-state index in [4.69, 9.17) is 14.9 Å². The largest absolute Gasteiger partial charge is 0.377 e. The maximum absolute atomic E-state index is 8.45. The first-order valence-corrected chi connectivity index (χ1v) is 3.82. The van der Waals surface area contributed by atoms with Crippen molar-refractivity contribution in [2.24, 2.45) is 0 Å². The molecule has 0 aromatic carbocycles. The van der Waals surface area contributed by atoms with Crippen LogP contribution < -0.4 is 0 Å². The molecule has 0 aliphatic heterocycles. The molecule has 0 fully saturated rings. The molecule has 0 bridgehead atoms. The van der Waals surface area contributed by atoms with Gasteiger partial charge in [0.2, 0.25) is 0 Å². The van der Waals surface area contributed by atoms with E-state index in [0.717, 1.165) is 12.8 Å². The van der Waals surface area contributed by atoms with Crippen molar-refractivity contribution in [1.29, 1.82) is 0 Å². The predicted molar refractivity (Wildman–Crippen MR) is 43.1 cm³/mol. The highest BCUT2D eigenvalue weighted by molar-refractivity contribution is 4.63. The highest BCUT2D eigenvalue weighted by Crippen LogP contribution is 1.98. The summed E-state index contributed by atoms with van der Waals surface area (Å²) < 4.78 is 5.08. The monoisotopic (exact) mass is 160 g/mol. The molecule has 0 unspecified atom stereocenters. The van der Waals surface area contributed by atoms with E-state index in [9.17, 15) is 0 Å². The first-order chi connectivity index (χ1) is 5.27. The zero-order valence-corrected chi connectivity index (χ0v) is 6.70. The number of hydrogen-bond acceptors (Lipinski definition) is 3. The Morgan fingerprint density at radius 2 is 2.09 bits per heavy atom. The Hall–Kier alpha value is -0.380. The standard InChI is InChI=1S/C8H16O3/c1-2-6-11-7-4-3-5-8(9)10/h2,8-10H,1,3-7H2. The van der Waals surface area contributed by atoms with E-state index >= 15 is 0 Å². The summed E-state index contributed by atoms with van der Waals surface area (Å²) in [5, 5.41) is 16.9. The highest BCUT2D eigenvalue weighted by atomic mass is 16.5. The topological polar surface area (TPSA) is 49.7 Å². The summed E-state index contributed by atoms with van der Waals surface area (Å²) in [5.74, 6) is 0. The molecule has 3 nitrogen and oxygen atoms in total. The van der Waals surface area contributed by atoms with Crippen LogP contribution in [0, 0.1) is 0 Å². The second-order valence-electron chi connectivity index (χ2n) is 2.34. The van der Waals surface area contributed by atoms with Crippen molar-refractivity contribution in [3.05, 3.63) is 12.7 Å². The molecule has 66 valence electrons. The molecule has 0 rings (SSSR count). The Balaban J connectivity index is 2.85. The lowest BCUT2D eigenvalue weighted by molar-refractivity contribution is -0.0473. The zero-order chi connectivity index (χ0) is 8.53. The second-order valence-corrected chi connectivity index (χ2v) is 2.34. The van der Waals surface area contributed by atoms with Crippen LogP contribution in [0.15, 0.2) is 12.7 Å². The molecule has 0 amide bonds. The van der Waals surface area contributed by atoms with Gasteiger partial charge in [0.15, 0.2) is 6.29 Å². The van der Waals surface area contributed by atoms with E-state index in [2.05, 4.69) is 6.58 Å². The Bertz CT molecular complexity index is 91.3. The lowest BCUT2D eigenvalue weighted by Crippen LogP contribution is -2.04. The van der Waals surface area contributed by atoms with Crippen molar-refractivity contribution < 1.29 is 14.9 Å². The summed E-state index contributed by atoms with van der Waals surface area (Å²) in [4.78, 5) is 0. The fraction of sp³-hybridized carbons (Fsp3) is 0.750. The summed E-state index contributed by atoms with van der Waals surface area (Å²) in [5.41, 5.74) is 0. The van der Waals surface area contributed by atoms with Gasteiger partial charge >= 0.3 is 0 Å². The molecule has 11 heavy (non-hydrogen) atoms. The fourth-order valence-corrected chi connectivity index (χ4v) is 0.698. The normalized spacial score (nSPS) is 10.5. The van der Waals surface area contributed by atoms with Crippen LogP contribution in [0.25, 0.3) is 0 Å². The maximum Gasteiger partial charge on any atom is 0.151 e. The van der Waals surface area contributed by atoms with Crippen LogP contribution in [0.4, 0.5) is 0 Å². The third kappa shape index (κ3) is 9.62. The van der Waals surface area contributed by atoms with Gasteiger partial charge < -0.3 is 14.9 Å². The van der Waals surface area contributed by atoms with Gasteiger partial charge in [-0.15, -0.1) is 6.58 Å². The molecule has 0 aromatic heterocycles. The quantitative estimate of drug-likeness (QED) is 0.327. The van der Waals surface area contributed by atoms with Crippen LogP contribution in [-0.2, 0) is 4.74 Å². The Kier molecular flexibility index (Phi) is 7.46. The first-order valence-electron chi connectivity index (χ1n) is 3.82. The summed E-state index contributed by atoms with van der Waals surface area (Å²) in [6, 6.07) is 0. The lowest BCUT2D eigenvalue weighted by Gasteiger charge is -2.02. The lowest BCUT2D eigenvalue weighted by atomic mass is 10.2. The number of ether oxygens (including phenoxy) is 1. The maximum atomic E-state index is 8.45. The Labute approximate surface area is 67.3 Å². The van der Waals surface area contributed by atoms with Gasteiger partial charge in [-0.1, -0.05) is 6.08 Å². The van der Waals surface area contributed by atoms with Crippen molar-refractivity contribution in [3.63, 3.8) is 0 Å². The molecule has 0 aromatic rings. The van der Waals surface area contributed by atoms with Crippen LogP contribution in [0.1, 0.15) is 19.3 Å². The molecule has 0 heterocycles. The summed E-state index contributed by atoms with van der Waals surface area (Å²) in [6.45, 7) is 4.74. The van der Waals surface area contributed by atoms with Gasteiger partial charge in [0.05, 0.1) is 6.61 Å². The van der Waals surface area contributed by atoms with E-state index in [1.165, 1.54) is 0 Å². The average molecular weight is 160 g/mol. The van der Waals surface area contributed by atoms with Crippen molar-refractivity contribution >= 4 is 0 Å². The van der Waals surface area contributed by atoms with Crippen molar-refractivity contribution in [2.45, 2.75) is 25.6 Å². The SMILES string of the molecule is C=CCOCCCCC(O)O. The molecule has 3 heteroatoms. The molecule has 0 atom stereocenters. The van der Waals surface area contributed by atoms with E-state index in [1.807, 2.05) is 0 Å². The molecule has 0 spiro atoms. The van der Waals surface area contributed by atoms with Gasteiger partial charge in [0.1, 0.15) is 0 Å². The van der Waals surface area contributed by atoms with Crippen LogP contribution in [0.3, 0.4) is 0 Å². The molecule has 0 saturated heterocycles. The minimum atomic E-state index is -1.17. The summed E-state index contributed by atoms with van der Waals surface area (Å²) in [7, 11) is 0. The molecule has 0 aliphatic carbocycles. The van der Waals surface area contributed by atoms with E-state index in [-0.39, 0.29) is 0 Å². The molecular formula is C8H16O3. The van der Waals surface area contributed by atoms with E-state index in [0.29, 0.717) is 19.6 Å². The minimum Gasteiger partial charge on any atom is -0.377 e. The van der Waals surface area contributed by atoms with Gasteiger partial charge in [0.25, 0.3) is 0 Å². The molecule has 0 saturated carbocycles. The van der Waals surface area contributed by atoms with Gasteiger partial charge in [-0.25, -0.2) is 0 Å². The number of aliphatic hydroxyl groups excluding tert-OH is 1. The van der Waals surface area contributed by atoms with Gasteiger partial charge in [-0.05, 0) is 19.3 Å². The molecule has 0 radical (unpaired) electrons. The fourth-order valence-electron chi connectivity index (χ4n) is 0.698. The zero-order valence-electron chi connectivity index (χ0n) is 6.70. The number of rotatable bonds is 7. The third-order valence-electron chi connectivity index (χ3n) is 1.24. The Morgan fingerprint density at radius 3 is 2.64 bits per heavy atom. The number of hydrogen-bond donors (Lipinski definition) is 2. The average Bonchev–Trinajstić information content (AvgIpc) is 1.96. The van der Waals surface area contributed by atoms with Crippen molar-refractivity contribution in [1.82, 2.24) is 0 Å². The van der Waals surface area contributed by atoms with Crippen LogP contribution in [-0.4, -0.2) is 29.7 Å². The smallest absolute Gasteiger partial charge is 0.151 e. The number of unbranched alkanes of at least 4 members (excludes halogenated alkanes) is 1. The summed E-state index contributed by atoms with van der Waals surface area (Å²) >= 11 is 0. The molecular weight excluding hydrogens is 144 g/mol.